The fourth-order valence-electron chi connectivity index (χ4n) is 0.956. The Morgan fingerprint density at radius 3 is 2.47 bits per heavy atom. The largest absolute Gasteiger partial charge is 0.325 e. The number of imide groups is 1. The van der Waals surface area contributed by atoms with Crippen molar-refractivity contribution in [3.05, 3.63) is 28.2 Å². The van der Waals surface area contributed by atoms with Crippen LogP contribution in [0.15, 0.2) is 18.2 Å². The molecule has 3 amide bonds. The number of nitrogens with one attached hydrogen (secondary N) is 2. The van der Waals surface area contributed by atoms with Crippen molar-refractivity contribution in [2.75, 3.05) is 5.32 Å². The third kappa shape index (κ3) is 4.42. The molecular weight excluding hydrogens is 286 g/mol. The number of amides is 3. The molecule has 1 aromatic carbocycles. The summed E-state index contributed by atoms with van der Waals surface area (Å²) in [4.78, 5) is 22.5. The topological polar surface area (TPSA) is 58.2 Å². The lowest BCUT2D eigenvalue weighted by Crippen LogP contribution is -2.38. The number of hydrogen-bond donors (Lipinski definition) is 2. The number of urea groups is 1. The van der Waals surface area contributed by atoms with Crippen molar-refractivity contribution in [3.8, 4) is 0 Å². The maximum Gasteiger partial charge on any atom is 0.325 e. The summed E-state index contributed by atoms with van der Waals surface area (Å²) in [7, 11) is 0. The summed E-state index contributed by atoms with van der Waals surface area (Å²) in [5, 5.41) is 4.40. The fraction of sp³-hybridized carbons (Fsp3) is 0.200. The van der Waals surface area contributed by atoms with Gasteiger partial charge in [-0.3, -0.25) is 10.1 Å². The predicted molar refractivity (Wildman–Crippen MR) is 68.9 cm³/mol. The highest BCUT2D eigenvalue weighted by Crippen LogP contribution is 2.25. The average Bonchev–Trinajstić information content (AvgIpc) is 2.22. The van der Waals surface area contributed by atoms with Gasteiger partial charge in [0.05, 0.1) is 10.7 Å². The van der Waals surface area contributed by atoms with E-state index >= 15 is 0 Å². The molecule has 1 atom stereocenters. The number of anilines is 1. The summed E-state index contributed by atoms with van der Waals surface area (Å²) in [5.41, 5.74) is 0.351. The van der Waals surface area contributed by atoms with Crippen LogP contribution < -0.4 is 10.6 Å². The van der Waals surface area contributed by atoms with Crippen LogP contribution >= 0.6 is 34.8 Å². The molecule has 0 spiro atoms. The highest BCUT2D eigenvalue weighted by molar-refractivity contribution is 6.37. The predicted octanol–water partition coefficient (Wildman–Crippen LogP) is 3.27. The van der Waals surface area contributed by atoms with Gasteiger partial charge in [-0.05, 0) is 25.1 Å². The molecule has 4 nitrogen and oxygen atoms in total. The van der Waals surface area contributed by atoms with Gasteiger partial charge in [0.15, 0.2) is 0 Å². The second-order valence-electron chi connectivity index (χ2n) is 3.18. The Labute approximate surface area is 113 Å². The Hall–Kier alpha value is -0.970. The molecule has 0 aliphatic carbocycles. The number of rotatable bonds is 2. The van der Waals surface area contributed by atoms with Crippen LogP contribution in [0, 0.1) is 0 Å². The number of benzene rings is 1. The molecule has 0 aliphatic heterocycles. The maximum atomic E-state index is 11.4. The van der Waals surface area contributed by atoms with Crippen molar-refractivity contribution >= 4 is 52.4 Å². The van der Waals surface area contributed by atoms with Crippen LogP contribution in [0.1, 0.15) is 6.92 Å². The molecule has 92 valence electrons. The van der Waals surface area contributed by atoms with E-state index in [1.165, 1.54) is 19.1 Å². The lowest BCUT2D eigenvalue weighted by atomic mass is 10.3. The van der Waals surface area contributed by atoms with E-state index in [4.69, 9.17) is 34.8 Å². The van der Waals surface area contributed by atoms with Crippen LogP contribution in [0.3, 0.4) is 0 Å². The van der Waals surface area contributed by atoms with Gasteiger partial charge in [-0.1, -0.05) is 23.2 Å². The van der Waals surface area contributed by atoms with Crippen LogP contribution in [-0.4, -0.2) is 17.3 Å². The van der Waals surface area contributed by atoms with Gasteiger partial charge in [0.25, 0.3) is 0 Å². The van der Waals surface area contributed by atoms with Gasteiger partial charge >= 0.3 is 6.03 Å². The van der Waals surface area contributed by atoms with E-state index in [2.05, 4.69) is 10.6 Å². The van der Waals surface area contributed by atoms with E-state index in [0.29, 0.717) is 10.7 Å². The van der Waals surface area contributed by atoms with E-state index in [-0.39, 0.29) is 5.02 Å². The summed E-state index contributed by atoms with van der Waals surface area (Å²) < 4.78 is 0. The minimum Gasteiger partial charge on any atom is -0.306 e. The lowest BCUT2D eigenvalue weighted by molar-refractivity contribution is -0.119. The summed E-state index contributed by atoms with van der Waals surface area (Å²) in [5.74, 6) is -0.589. The quantitative estimate of drug-likeness (QED) is 0.823. The Morgan fingerprint density at radius 2 is 1.94 bits per heavy atom. The second-order valence-corrected chi connectivity index (χ2v) is 4.68. The zero-order valence-corrected chi connectivity index (χ0v) is 11.0. The molecule has 7 heteroatoms. The molecule has 0 aromatic heterocycles. The molecule has 0 radical (unpaired) electrons. The van der Waals surface area contributed by atoms with E-state index in [1.807, 2.05) is 0 Å². The average molecular weight is 296 g/mol. The first-order valence-corrected chi connectivity index (χ1v) is 5.80. The van der Waals surface area contributed by atoms with Crippen molar-refractivity contribution in [2.45, 2.75) is 12.3 Å². The van der Waals surface area contributed by atoms with E-state index in [1.54, 1.807) is 6.07 Å². The van der Waals surface area contributed by atoms with E-state index in [0.717, 1.165) is 0 Å². The van der Waals surface area contributed by atoms with Gasteiger partial charge in [-0.15, -0.1) is 11.6 Å². The molecule has 1 aromatic rings. The van der Waals surface area contributed by atoms with E-state index < -0.39 is 17.3 Å². The van der Waals surface area contributed by atoms with Crippen LogP contribution in [0.2, 0.25) is 10.0 Å². The third-order valence-electron chi connectivity index (χ3n) is 1.78. The van der Waals surface area contributed by atoms with Gasteiger partial charge in [0.1, 0.15) is 5.38 Å². The Morgan fingerprint density at radius 1 is 1.29 bits per heavy atom. The minimum atomic E-state index is -0.790. The van der Waals surface area contributed by atoms with Crippen LogP contribution in [-0.2, 0) is 4.79 Å². The lowest BCUT2D eigenvalue weighted by Gasteiger charge is -2.09. The summed E-state index contributed by atoms with van der Waals surface area (Å²) in [6.07, 6.45) is 0. The minimum absolute atomic E-state index is 0.277. The van der Waals surface area contributed by atoms with Crippen molar-refractivity contribution in [2.24, 2.45) is 0 Å². The molecule has 0 saturated carbocycles. The first-order valence-electron chi connectivity index (χ1n) is 4.61. The monoisotopic (exact) mass is 294 g/mol. The highest BCUT2D eigenvalue weighted by Gasteiger charge is 2.13. The smallest absolute Gasteiger partial charge is 0.306 e. The summed E-state index contributed by atoms with van der Waals surface area (Å²) >= 11 is 17.0. The standard InChI is InChI=1S/C10H9Cl3N2O2/c1-5(11)9(16)15-10(17)14-8-3-2-6(12)4-7(8)13/h2-5H,1H3,(H2,14,15,16,17). The number of hydrogen-bond acceptors (Lipinski definition) is 2. The summed E-state index contributed by atoms with van der Waals surface area (Å²) in [6, 6.07) is 3.87. The molecule has 2 N–H and O–H groups in total. The number of carbonyl (C=O) groups excluding carboxylic acids is 2. The Balaban J connectivity index is 2.65. The van der Waals surface area contributed by atoms with Gasteiger partial charge < -0.3 is 5.32 Å². The van der Waals surface area contributed by atoms with E-state index in [9.17, 15) is 9.59 Å². The molecule has 0 heterocycles. The summed E-state index contributed by atoms with van der Waals surface area (Å²) in [6.45, 7) is 1.46. The zero-order valence-electron chi connectivity index (χ0n) is 8.76. The highest BCUT2D eigenvalue weighted by atomic mass is 35.5. The molecule has 17 heavy (non-hydrogen) atoms. The normalized spacial score (nSPS) is 11.8. The van der Waals surface area contributed by atoms with Crippen molar-refractivity contribution in [1.82, 2.24) is 5.32 Å². The fourth-order valence-corrected chi connectivity index (χ4v) is 1.47. The molecular formula is C10H9Cl3N2O2. The molecule has 1 unspecified atom stereocenters. The molecule has 0 saturated heterocycles. The van der Waals surface area contributed by atoms with Gasteiger partial charge in [-0.2, -0.15) is 0 Å². The Bertz CT molecular complexity index is 449. The van der Waals surface area contributed by atoms with Crippen molar-refractivity contribution in [3.63, 3.8) is 0 Å². The van der Waals surface area contributed by atoms with Crippen LogP contribution in [0.25, 0.3) is 0 Å². The second kappa shape index (κ2) is 6.10. The van der Waals surface area contributed by atoms with Gasteiger partial charge in [-0.25, -0.2) is 4.79 Å². The SMILES string of the molecule is CC(Cl)C(=O)NC(=O)Nc1ccc(Cl)cc1Cl. The number of halogens is 3. The number of carbonyl (C=O) groups is 2. The van der Waals surface area contributed by atoms with Crippen molar-refractivity contribution < 1.29 is 9.59 Å². The molecule has 0 aliphatic rings. The van der Waals surface area contributed by atoms with Gasteiger partial charge in [0, 0.05) is 5.02 Å². The molecule has 0 bridgehead atoms. The third-order valence-corrected chi connectivity index (χ3v) is 2.52. The molecule has 0 fully saturated rings. The first-order chi connectivity index (χ1) is 7.90. The Kier molecular flexibility index (Phi) is 5.05. The van der Waals surface area contributed by atoms with Crippen LogP contribution in [0.4, 0.5) is 10.5 Å². The molecule has 1 rings (SSSR count). The zero-order chi connectivity index (χ0) is 13.0. The first kappa shape index (κ1) is 14.1. The maximum absolute atomic E-state index is 11.4. The van der Waals surface area contributed by atoms with Crippen LogP contribution in [0.5, 0.6) is 0 Å². The number of alkyl halides is 1. The van der Waals surface area contributed by atoms with Gasteiger partial charge in [0.2, 0.25) is 5.91 Å². The van der Waals surface area contributed by atoms with Crippen molar-refractivity contribution in [1.29, 1.82) is 0 Å².